The van der Waals surface area contributed by atoms with Crippen LogP contribution in [-0.4, -0.2) is 0 Å². The summed E-state index contributed by atoms with van der Waals surface area (Å²) in [4.78, 5) is 0. The zero-order chi connectivity index (χ0) is 15.0. The van der Waals surface area contributed by atoms with E-state index in [1.165, 1.54) is 53.9 Å². The van der Waals surface area contributed by atoms with E-state index in [1.54, 1.807) is 0 Å². The normalized spacial score (nSPS) is 14.1. The first kappa shape index (κ1) is 11.7. The van der Waals surface area contributed by atoms with Gasteiger partial charge in [0, 0.05) is 0 Å². The van der Waals surface area contributed by atoms with Gasteiger partial charge in [-0.15, -0.1) is 0 Å². The van der Waals surface area contributed by atoms with Crippen molar-refractivity contribution in [2.24, 2.45) is 0 Å². The maximum Gasteiger partial charge on any atom is -0.00231 e. The van der Waals surface area contributed by atoms with Gasteiger partial charge < -0.3 is 0 Å². The number of allylic oxidation sites excluding steroid dienone is 1. The van der Waals surface area contributed by atoms with E-state index in [0.717, 1.165) is 6.42 Å². The third-order valence-corrected chi connectivity index (χ3v) is 5.39. The number of hydrogen-bond acceptors (Lipinski definition) is 0. The van der Waals surface area contributed by atoms with E-state index < -0.39 is 0 Å². The van der Waals surface area contributed by atoms with E-state index >= 15 is 0 Å². The summed E-state index contributed by atoms with van der Waals surface area (Å²) in [5.74, 6) is 0. The SMILES string of the molecule is C1=Cc2ccc3cccc4c5c(c(c2c34)C1)C=c1ccccc1=5. The summed E-state index contributed by atoms with van der Waals surface area (Å²) in [5.41, 5.74) is 4.29. The van der Waals surface area contributed by atoms with Gasteiger partial charge in [0.1, 0.15) is 0 Å². The largest absolute Gasteiger partial charge is 0.0795 e. The summed E-state index contributed by atoms with van der Waals surface area (Å²) in [6.45, 7) is 0. The Labute approximate surface area is 133 Å². The van der Waals surface area contributed by atoms with E-state index in [0.29, 0.717) is 0 Å². The minimum Gasteiger partial charge on any atom is -0.0795 e. The van der Waals surface area contributed by atoms with Crippen LogP contribution in [0.1, 0.15) is 16.7 Å². The van der Waals surface area contributed by atoms with Crippen molar-refractivity contribution in [3.63, 3.8) is 0 Å². The molecule has 0 N–H and O–H groups in total. The first-order chi connectivity index (χ1) is 11.4. The highest BCUT2D eigenvalue weighted by molar-refractivity contribution is 6.16. The summed E-state index contributed by atoms with van der Waals surface area (Å²) in [7, 11) is 0. The molecular formula is C23H14. The first-order valence-corrected chi connectivity index (χ1v) is 8.19. The molecule has 106 valence electrons. The summed E-state index contributed by atoms with van der Waals surface area (Å²) in [5, 5.41) is 9.82. The van der Waals surface area contributed by atoms with Crippen LogP contribution in [0.3, 0.4) is 0 Å². The molecule has 4 aromatic rings. The van der Waals surface area contributed by atoms with Gasteiger partial charge >= 0.3 is 0 Å². The minimum absolute atomic E-state index is 1.03. The molecule has 0 saturated carbocycles. The quantitative estimate of drug-likeness (QED) is 0.387. The standard InChI is InChI=1S/C23H14/c1-2-8-17-16(5-1)13-20-18-9-3-6-14-11-12-15-7-4-10-19(23(17)20)22(15)21(14)18/h1-8,10-13H,9H2. The van der Waals surface area contributed by atoms with Crippen molar-refractivity contribution in [1.29, 1.82) is 0 Å². The van der Waals surface area contributed by atoms with Crippen molar-refractivity contribution >= 4 is 33.7 Å². The highest BCUT2D eigenvalue weighted by Crippen LogP contribution is 2.39. The summed E-state index contributed by atoms with van der Waals surface area (Å²) in [6, 6.07) is 20.1. The Kier molecular flexibility index (Phi) is 1.98. The van der Waals surface area contributed by atoms with E-state index in [-0.39, 0.29) is 0 Å². The topological polar surface area (TPSA) is 0 Å². The Bertz CT molecular complexity index is 1320. The molecule has 0 spiro atoms. The average molecular weight is 290 g/mol. The molecule has 0 heteroatoms. The molecule has 23 heavy (non-hydrogen) atoms. The maximum atomic E-state index is 2.39. The van der Waals surface area contributed by atoms with Crippen molar-refractivity contribution in [3.05, 3.63) is 93.0 Å². The van der Waals surface area contributed by atoms with Gasteiger partial charge in [0.2, 0.25) is 0 Å². The van der Waals surface area contributed by atoms with Gasteiger partial charge in [0.05, 0.1) is 0 Å². The zero-order valence-corrected chi connectivity index (χ0v) is 12.6. The molecule has 0 unspecified atom stereocenters. The van der Waals surface area contributed by atoms with Crippen molar-refractivity contribution < 1.29 is 0 Å². The third kappa shape index (κ3) is 1.33. The fraction of sp³-hybridized carbons (Fsp3) is 0.0435. The number of hydrogen-bond donors (Lipinski definition) is 0. The molecule has 0 fully saturated rings. The summed E-state index contributed by atoms with van der Waals surface area (Å²) < 4.78 is 0. The number of benzene rings is 4. The molecule has 0 aliphatic heterocycles. The molecule has 0 heterocycles. The van der Waals surface area contributed by atoms with Gasteiger partial charge in [-0.05, 0) is 66.4 Å². The second kappa shape index (κ2) is 3.91. The molecule has 0 bridgehead atoms. The molecule has 4 aromatic carbocycles. The van der Waals surface area contributed by atoms with Gasteiger partial charge in [-0.2, -0.15) is 0 Å². The Balaban J connectivity index is 2.08. The average Bonchev–Trinajstić information content (AvgIpc) is 3.00. The Morgan fingerprint density at radius 3 is 2.74 bits per heavy atom. The smallest absolute Gasteiger partial charge is 0.00231 e. The maximum absolute atomic E-state index is 2.39. The van der Waals surface area contributed by atoms with Crippen molar-refractivity contribution in [3.8, 4) is 0 Å². The fourth-order valence-corrected chi connectivity index (χ4v) is 4.47. The summed E-state index contributed by atoms with van der Waals surface area (Å²) >= 11 is 0. The molecule has 0 nitrogen and oxygen atoms in total. The molecule has 0 saturated heterocycles. The van der Waals surface area contributed by atoms with Crippen LogP contribution in [0.4, 0.5) is 0 Å². The van der Waals surface area contributed by atoms with Crippen LogP contribution in [0.25, 0.3) is 33.7 Å². The summed E-state index contributed by atoms with van der Waals surface area (Å²) in [6.07, 6.45) is 8.00. The fourth-order valence-electron chi connectivity index (χ4n) is 4.47. The highest BCUT2D eigenvalue weighted by atomic mass is 14.2. The van der Waals surface area contributed by atoms with Crippen LogP contribution in [-0.2, 0) is 6.42 Å². The molecule has 2 aliphatic rings. The molecule has 0 amide bonds. The second-order valence-corrected chi connectivity index (χ2v) is 6.54. The van der Waals surface area contributed by atoms with Crippen LogP contribution in [0, 0.1) is 10.4 Å². The Morgan fingerprint density at radius 2 is 1.74 bits per heavy atom. The molecule has 6 rings (SSSR count). The van der Waals surface area contributed by atoms with Crippen molar-refractivity contribution in [2.75, 3.05) is 0 Å². The van der Waals surface area contributed by atoms with Gasteiger partial charge in [0.25, 0.3) is 0 Å². The third-order valence-electron chi connectivity index (χ3n) is 5.39. The molecule has 0 atom stereocenters. The second-order valence-electron chi connectivity index (χ2n) is 6.54. The van der Waals surface area contributed by atoms with Gasteiger partial charge in [-0.1, -0.05) is 66.7 Å². The lowest BCUT2D eigenvalue weighted by atomic mass is 9.85. The highest BCUT2D eigenvalue weighted by Gasteiger charge is 2.19. The van der Waals surface area contributed by atoms with Crippen molar-refractivity contribution in [2.45, 2.75) is 6.42 Å². The van der Waals surface area contributed by atoms with E-state index in [9.17, 15) is 0 Å². The first-order valence-electron chi connectivity index (χ1n) is 8.19. The van der Waals surface area contributed by atoms with E-state index in [2.05, 4.69) is 72.8 Å². The van der Waals surface area contributed by atoms with Crippen LogP contribution in [0.15, 0.2) is 60.7 Å². The molecule has 0 aromatic heterocycles. The lowest BCUT2D eigenvalue weighted by Gasteiger charge is -2.18. The van der Waals surface area contributed by atoms with E-state index in [1.807, 2.05) is 0 Å². The predicted octanol–water partition coefficient (Wildman–Crippen LogP) is 4.71. The van der Waals surface area contributed by atoms with E-state index in [4.69, 9.17) is 0 Å². The molecule has 0 radical (unpaired) electrons. The van der Waals surface area contributed by atoms with Crippen LogP contribution >= 0.6 is 0 Å². The van der Waals surface area contributed by atoms with Gasteiger partial charge in [-0.3, -0.25) is 0 Å². The lowest BCUT2D eigenvalue weighted by molar-refractivity contribution is 1.28. The zero-order valence-electron chi connectivity index (χ0n) is 12.6. The molecular weight excluding hydrogens is 276 g/mol. The number of fused-ring (bicyclic) bond motifs is 4. The minimum atomic E-state index is 1.03. The lowest BCUT2D eigenvalue weighted by Crippen LogP contribution is -1.99. The van der Waals surface area contributed by atoms with Crippen LogP contribution in [0.5, 0.6) is 0 Å². The Hall–Kier alpha value is -2.86. The predicted molar refractivity (Wildman–Crippen MR) is 97.1 cm³/mol. The Morgan fingerprint density at radius 1 is 0.783 bits per heavy atom. The van der Waals surface area contributed by atoms with Crippen LogP contribution < -0.4 is 5.22 Å². The number of rotatable bonds is 0. The van der Waals surface area contributed by atoms with Gasteiger partial charge in [-0.25, -0.2) is 0 Å². The van der Waals surface area contributed by atoms with Crippen LogP contribution in [0.2, 0.25) is 0 Å². The van der Waals surface area contributed by atoms with Crippen molar-refractivity contribution in [1.82, 2.24) is 0 Å². The molecule has 2 aliphatic carbocycles. The monoisotopic (exact) mass is 290 g/mol. The van der Waals surface area contributed by atoms with Gasteiger partial charge in [0.15, 0.2) is 0 Å².